The van der Waals surface area contributed by atoms with Crippen molar-refractivity contribution in [2.24, 2.45) is 11.0 Å². The molecule has 0 N–H and O–H groups in total. The Morgan fingerprint density at radius 1 is 1.78 bits per heavy atom. The number of nitrogens with zero attached hydrogens (tertiary/aromatic N) is 2. The lowest BCUT2D eigenvalue weighted by atomic mass is 10.1. The van der Waals surface area contributed by atoms with Gasteiger partial charge in [0.2, 0.25) is 0 Å². The zero-order valence-corrected chi connectivity index (χ0v) is 5.16. The molecular weight excluding hydrogens is 116 g/mol. The van der Waals surface area contributed by atoms with E-state index < -0.39 is 0 Å². The summed E-state index contributed by atoms with van der Waals surface area (Å²) in [6.07, 6.45) is 1.55. The topological polar surface area (TPSA) is 43.5 Å². The first kappa shape index (κ1) is 6.01. The molecule has 1 unspecified atom stereocenters. The molecule has 3 nitrogen and oxygen atoms in total. The highest BCUT2D eigenvalue weighted by atomic mass is 16.2. The molecule has 1 heterocycles. The van der Waals surface area contributed by atoms with E-state index in [4.69, 9.17) is 0 Å². The Morgan fingerprint density at radius 3 is 2.67 bits per heavy atom. The summed E-state index contributed by atoms with van der Waals surface area (Å²) in [7, 11) is 0. The van der Waals surface area contributed by atoms with Crippen LogP contribution >= 0.6 is 0 Å². The van der Waals surface area contributed by atoms with Crippen LogP contribution < -0.4 is 5.43 Å². The van der Waals surface area contributed by atoms with Crippen LogP contribution in [0.4, 0.5) is 0 Å². The van der Waals surface area contributed by atoms with Gasteiger partial charge in [-0.3, -0.25) is 4.79 Å². The number of amides is 1. The normalized spacial score (nSPS) is 25.2. The molecule has 0 spiro atoms. The van der Waals surface area contributed by atoms with Gasteiger partial charge in [-0.25, -0.2) is 0 Å². The quantitative estimate of drug-likeness (QED) is 0.463. The van der Waals surface area contributed by atoms with E-state index in [-0.39, 0.29) is 11.8 Å². The SMILES string of the molecule is C=CC1C(=O)[N]N=C1C. The first-order valence-corrected chi connectivity index (χ1v) is 2.67. The van der Waals surface area contributed by atoms with Crippen LogP contribution in [0.15, 0.2) is 17.8 Å². The lowest BCUT2D eigenvalue weighted by Crippen LogP contribution is -2.15. The highest BCUT2D eigenvalue weighted by molar-refractivity contribution is 6.08. The summed E-state index contributed by atoms with van der Waals surface area (Å²) in [5.74, 6) is -0.465. The van der Waals surface area contributed by atoms with Crippen molar-refractivity contribution in [3.63, 3.8) is 0 Å². The summed E-state index contributed by atoms with van der Waals surface area (Å²) in [4.78, 5) is 10.7. The molecule has 1 aliphatic heterocycles. The van der Waals surface area contributed by atoms with E-state index in [1.807, 2.05) is 0 Å². The maximum absolute atomic E-state index is 10.7. The molecule has 1 aliphatic rings. The standard InChI is InChI=1S/C6H7N2O/c1-3-5-4(2)7-8-6(5)9/h3,5H,1H2,2H3. The minimum absolute atomic E-state index is 0.206. The summed E-state index contributed by atoms with van der Waals surface area (Å²) >= 11 is 0. The van der Waals surface area contributed by atoms with E-state index in [0.29, 0.717) is 0 Å². The molecule has 9 heavy (non-hydrogen) atoms. The number of carbonyl (C=O) groups excluding carboxylic acids is 1. The van der Waals surface area contributed by atoms with Gasteiger partial charge in [0.05, 0.1) is 11.6 Å². The van der Waals surface area contributed by atoms with Crippen LogP contribution in [0.1, 0.15) is 6.92 Å². The molecular formula is C6H7N2O. The lowest BCUT2D eigenvalue weighted by Gasteiger charge is -1.94. The zero-order valence-electron chi connectivity index (χ0n) is 5.16. The molecule has 0 saturated carbocycles. The number of hydrogen-bond donors (Lipinski definition) is 0. The Kier molecular flexibility index (Phi) is 1.34. The van der Waals surface area contributed by atoms with Gasteiger partial charge in [-0.2, -0.15) is 5.10 Å². The van der Waals surface area contributed by atoms with Crippen LogP contribution in [-0.4, -0.2) is 11.6 Å². The fraction of sp³-hybridized carbons (Fsp3) is 0.333. The summed E-state index contributed by atoms with van der Waals surface area (Å²) < 4.78 is 0. The molecule has 0 aliphatic carbocycles. The molecule has 1 atom stereocenters. The highest BCUT2D eigenvalue weighted by Crippen LogP contribution is 2.07. The van der Waals surface area contributed by atoms with Crippen molar-refractivity contribution in [3.8, 4) is 0 Å². The average Bonchev–Trinajstić information content (AvgIpc) is 2.12. The summed E-state index contributed by atoms with van der Waals surface area (Å²) in [6.45, 7) is 5.25. The maximum atomic E-state index is 10.7. The zero-order chi connectivity index (χ0) is 6.85. The Balaban J connectivity index is 2.79. The third-order valence-electron chi connectivity index (χ3n) is 1.26. The largest absolute Gasteiger partial charge is 0.277 e. The predicted octanol–water partition coefficient (Wildman–Crippen LogP) is 0.309. The number of hydrogen-bond acceptors (Lipinski definition) is 2. The molecule has 1 radical (unpaired) electrons. The summed E-state index contributed by atoms with van der Waals surface area (Å²) in [6, 6.07) is 0. The minimum Gasteiger partial charge on any atom is -0.270 e. The minimum atomic E-state index is -0.259. The van der Waals surface area contributed by atoms with Gasteiger partial charge in [-0.05, 0) is 6.92 Å². The van der Waals surface area contributed by atoms with Gasteiger partial charge in [0.25, 0.3) is 5.91 Å². The second kappa shape index (κ2) is 2.01. The fourth-order valence-electron chi connectivity index (χ4n) is 0.703. The van der Waals surface area contributed by atoms with Crippen molar-refractivity contribution in [3.05, 3.63) is 12.7 Å². The maximum Gasteiger partial charge on any atom is 0.277 e. The predicted molar refractivity (Wildman–Crippen MR) is 33.9 cm³/mol. The van der Waals surface area contributed by atoms with E-state index in [1.54, 1.807) is 13.0 Å². The summed E-state index contributed by atoms with van der Waals surface area (Å²) in [5, 5.41) is 3.59. The molecule has 47 valence electrons. The van der Waals surface area contributed by atoms with E-state index >= 15 is 0 Å². The Labute approximate surface area is 53.4 Å². The second-order valence-electron chi connectivity index (χ2n) is 1.89. The van der Waals surface area contributed by atoms with Gasteiger partial charge < -0.3 is 0 Å². The van der Waals surface area contributed by atoms with Gasteiger partial charge >= 0.3 is 0 Å². The lowest BCUT2D eigenvalue weighted by molar-refractivity contribution is -0.121. The Bertz CT molecular complexity index is 183. The summed E-state index contributed by atoms with van der Waals surface area (Å²) in [5.41, 5.74) is 4.08. The van der Waals surface area contributed by atoms with Crippen LogP contribution in [0, 0.1) is 5.92 Å². The van der Waals surface area contributed by atoms with E-state index in [1.165, 1.54) is 0 Å². The molecule has 0 saturated heterocycles. The van der Waals surface area contributed by atoms with Crippen LogP contribution in [0.3, 0.4) is 0 Å². The van der Waals surface area contributed by atoms with Gasteiger partial charge in [-0.1, -0.05) is 6.08 Å². The molecule has 1 amide bonds. The first-order valence-electron chi connectivity index (χ1n) is 2.67. The molecule has 0 aromatic carbocycles. The van der Waals surface area contributed by atoms with Crippen molar-refractivity contribution in [1.29, 1.82) is 0 Å². The van der Waals surface area contributed by atoms with Crippen molar-refractivity contribution in [2.45, 2.75) is 6.92 Å². The van der Waals surface area contributed by atoms with E-state index in [9.17, 15) is 4.79 Å². The van der Waals surface area contributed by atoms with Gasteiger partial charge in [0, 0.05) is 0 Å². The fourth-order valence-corrected chi connectivity index (χ4v) is 0.703. The average molecular weight is 123 g/mol. The molecule has 0 aromatic heterocycles. The Hall–Kier alpha value is -1.12. The molecule has 0 fully saturated rings. The highest BCUT2D eigenvalue weighted by Gasteiger charge is 2.24. The Morgan fingerprint density at radius 2 is 2.44 bits per heavy atom. The second-order valence-corrected chi connectivity index (χ2v) is 1.89. The molecule has 1 rings (SSSR count). The smallest absolute Gasteiger partial charge is 0.270 e. The van der Waals surface area contributed by atoms with Crippen molar-refractivity contribution in [2.75, 3.05) is 0 Å². The van der Waals surface area contributed by atoms with Crippen molar-refractivity contribution >= 4 is 11.6 Å². The van der Waals surface area contributed by atoms with Crippen molar-refractivity contribution in [1.82, 2.24) is 5.43 Å². The van der Waals surface area contributed by atoms with E-state index in [2.05, 4.69) is 17.1 Å². The van der Waals surface area contributed by atoms with Crippen molar-refractivity contribution < 1.29 is 4.79 Å². The first-order chi connectivity index (χ1) is 4.25. The van der Waals surface area contributed by atoms with Crippen LogP contribution in [0.5, 0.6) is 0 Å². The van der Waals surface area contributed by atoms with Crippen LogP contribution in [0.25, 0.3) is 0 Å². The molecule has 0 bridgehead atoms. The third kappa shape index (κ3) is 0.850. The van der Waals surface area contributed by atoms with Gasteiger partial charge in [0.15, 0.2) is 0 Å². The number of rotatable bonds is 1. The van der Waals surface area contributed by atoms with Gasteiger partial charge in [-0.15, -0.1) is 12.0 Å². The molecule has 0 aromatic rings. The van der Waals surface area contributed by atoms with Crippen LogP contribution in [-0.2, 0) is 4.79 Å². The van der Waals surface area contributed by atoms with Gasteiger partial charge in [0.1, 0.15) is 0 Å². The molecule has 3 heteroatoms. The third-order valence-corrected chi connectivity index (χ3v) is 1.26. The van der Waals surface area contributed by atoms with Crippen LogP contribution in [0.2, 0.25) is 0 Å². The van der Waals surface area contributed by atoms with E-state index in [0.717, 1.165) is 5.71 Å². The monoisotopic (exact) mass is 123 g/mol. The number of carbonyl (C=O) groups is 1.